The van der Waals surface area contributed by atoms with E-state index in [1.165, 1.54) is 19.3 Å². The van der Waals surface area contributed by atoms with Gasteiger partial charge in [0.25, 0.3) is 0 Å². The Labute approximate surface area is 111 Å². The number of likely N-dealkylation sites (tertiary alicyclic amines) is 1. The van der Waals surface area contributed by atoms with Gasteiger partial charge in [0.2, 0.25) is 5.91 Å². The molecule has 2 fully saturated rings. The fraction of sp³-hybridized carbons (Fsp3) is 0.923. The molecule has 17 heavy (non-hydrogen) atoms. The second-order valence-corrected chi connectivity index (χ2v) is 5.42. The molecule has 0 atom stereocenters. The van der Waals surface area contributed by atoms with Crippen LogP contribution in [-0.2, 0) is 4.79 Å². The van der Waals surface area contributed by atoms with Gasteiger partial charge in [-0.15, -0.1) is 12.4 Å². The van der Waals surface area contributed by atoms with Gasteiger partial charge in [0.1, 0.15) is 0 Å². The molecule has 4 heteroatoms. The largest absolute Gasteiger partial charge is 0.341 e. The second-order valence-electron chi connectivity index (χ2n) is 5.42. The van der Waals surface area contributed by atoms with E-state index in [1.807, 2.05) is 4.90 Å². The summed E-state index contributed by atoms with van der Waals surface area (Å²) in [7, 11) is 0. The molecule has 0 unspecified atom stereocenters. The topological polar surface area (TPSA) is 46.3 Å². The normalized spacial score (nSPS) is 24.6. The lowest BCUT2D eigenvalue weighted by Crippen LogP contribution is -2.56. The van der Waals surface area contributed by atoms with Crippen LogP contribution in [0.1, 0.15) is 57.8 Å². The number of nitrogens with two attached hydrogens (primary N) is 1. The van der Waals surface area contributed by atoms with Crippen LogP contribution in [0.5, 0.6) is 0 Å². The van der Waals surface area contributed by atoms with E-state index in [-0.39, 0.29) is 18.3 Å². The Kier molecular flexibility index (Phi) is 5.74. The highest BCUT2D eigenvalue weighted by Crippen LogP contribution is 2.28. The zero-order valence-corrected chi connectivity index (χ0v) is 11.4. The third kappa shape index (κ3) is 3.59. The number of carbonyl (C=O) groups is 1. The number of amides is 1. The van der Waals surface area contributed by atoms with Crippen LogP contribution in [0, 0.1) is 0 Å². The monoisotopic (exact) mass is 260 g/mol. The first-order valence-electron chi connectivity index (χ1n) is 6.81. The fourth-order valence-electron chi connectivity index (χ4n) is 2.99. The van der Waals surface area contributed by atoms with Crippen LogP contribution in [0.3, 0.4) is 0 Å². The van der Waals surface area contributed by atoms with Crippen molar-refractivity contribution in [2.24, 2.45) is 5.73 Å². The summed E-state index contributed by atoms with van der Waals surface area (Å²) in [5.74, 6) is 0.231. The Balaban J connectivity index is 0.00000144. The van der Waals surface area contributed by atoms with Crippen molar-refractivity contribution in [2.75, 3.05) is 13.1 Å². The number of halogens is 1. The van der Waals surface area contributed by atoms with Crippen LogP contribution in [0.4, 0.5) is 0 Å². The SMILES string of the molecule is Cl.NC1(C(=O)N2CCCCCC2)CCCCC1. The van der Waals surface area contributed by atoms with E-state index in [0.29, 0.717) is 0 Å². The van der Waals surface area contributed by atoms with Gasteiger partial charge in [-0.25, -0.2) is 0 Å². The average Bonchev–Trinajstić information content (AvgIpc) is 2.57. The van der Waals surface area contributed by atoms with E-state index in [0.717, 1.165) is 51.6 Å². The van der Waals surface area contributed by atoms with E-state index in [4.69, 9.17) is 5.73 Å². The molecule has 0 spiro atoms. The van der Waals surface area contributed by atoms with Crippen molar-refractivity contribution in [3.8, 4) is 0 Å². The fourth-order valence-corrected chi connectivity index (χ4v) is 2.99. The number of rotatable bonds is 1. The van der Waals surface area contributed by atoms with Gasteiger partial charge in [0.05, 0.1) is 5.54 Å². The van der Waals surface area contributed by atoms with Gasteiger partial charge in [-0.3, -0.25) is 4.79 Å². The Morgan fingerprint density at radius 2 is 1.35 bits per heavy atom. The van der Waals surface area contributed by atoms with Crippen molar-refractivity contribution in [3.63, 3.8) is 0 Å². The van der Waals surface area contributed by atoms with Crippen molar-refractivity contribution >= 4 is 18.3 Å². The molecule has 0 radical (unpaired) electrons. The first-order valence-corrected chi connectivity index (χ1v) is 6.81. The quantitative estimate of drug-likeness (QED) is 0.787. The highest BCUT2D eigenvalue weighted by atomic mass is 35.5. The van der Waals surface area contributed by atoms with Gasteiger partial charge in [0, 0.05) is 13.1 Å². The van der Waals surface area contributed by atoms with Crippen LogP contribution in [-0.4, -0.2) is 29.4 Å². The first-order chi connectivity index (χ1) is 7.72. The predicted octanol–water partition coefficient (Wildman–Crippen LogP) is 2.47. The van der Waals surface area contributed by atoms with Crippen LogP contribution < -0.4 is 5.73 Å². The minimum Gasteiger partial charge on any atom is -0.341 e. The molecule has 3 nitrogen and oxygen atoms in total. The molecule has 0 aromatic carbocycles. The summed E-state index contributed by atoms with van der Waals surface area (Å²) < 4.78 is 0. The number of hydrogen-bond acceptors (Lipinski definition) is 2. The lowest BCUT2D eigenvalue weighted by molar-refractivity contribution is -0.138. The molecule has 100 valence electrons. The maximum Gasteiger partial charge on any atom is 0.242 e. The molecular weight excluding hydrogens is 236 g/mol. The molecule has 0 aromatic rings. The minimum absolute atomic E-state index is 0. The standard InChI is InChI=1S/C13H24N2O.ClH/c14-13(8-4-3-5-9-13)12(16)15-10-6-1-2-7-11-15;/h1-11,14H2;1H. The van der Waals surface area contributed by atoms with Gasteiger partial charge in [0.15, 0.2) is 0 Å². The van der Waals surface area contributed by atoms with Crippen molar-refractivity contribution in [2.45, 2.75) is 63.3 Å². The lowest BCUT2D eigenvalue weighted by Gasteiger charge is -2.36. The summed E-state index contributed by atoms with van der Waals surface area (Å²) in [4.78, 5) is 14.5. The van der Waals surface area contributed by atoms with Gasteiger partial charge in [-0.2, -0.15) is 0 Å². The smallest absolute Gasteiger partial charge is 0.242 e. The molecule has 2 N–H and O–H groups in total. The molecule has 1 heterocycles. The molecule has 1 aliphatic carbocycles. The molecule has 1 saturated heterocycles. The third-order valence-corrected chi connectivity index (χ3v) is 4.06. The zero-order valence-electron chi connectivity index (χ0n) is 10.6. The van der Waals surface area contributed by atoms with Crippen molar-refractivity contribution < 1.29 is 4.79 Å². The Bertz CT molecular complexity index is 244. The molecule has 2 rings (SSSR count). The van der Waals surface area contributed by atoms with Crippen LogP contribution in [0.15, 0.2) is 0 Å². The van der Waals surface area contributed by atoms with E-state index >= 15 is 0 Å². The van der Waals surface area contributed by atoms with E-state index < -0.39 is 5.54 Å². The highest BCUT2D eigenvalue weighted by Gasteiger charge is 2.38. The predicted molar refractivity (Wildman–Crippen MR) is 72.3 cm³/mol. The summed E-state index contributed by atoms with van der Waals surface area (Å²) >= 11 is 0. The van der Waals surface area contributed by atoms with Crippen LogP contribution in [0.25, 0.3) is 0 Å². The molecule has 1 amide bonds. The maximum absolute atomic E-state index is 12.4. The third-order valence-electron chi connectivity index (χ3n) is 4.06. The molecular formula is C13H25ClN2O. The Morgan fingerprint density at radius 3 is 1.88 bits per heavy atom. The minimum atomic E-state index is -0.525. The summed E-state index contributed by atoms with van der Waals surface area (Å²) in [6, 6.07) is 0. The molecule has 0 bridgehead atoms. The Hall–Kier alpha value is -0.280. The highest BCUT2D eigenvalue weighted by molar-refractivity contribution is 5.86. The van der Waals surface area contributed by atoms with E-state index in [2.05, 4.69) is 0 Å². The van der Waals surface area contributed by atoms with Crippen molar-refractivity contribution in [1.82, 2.24) is 4.90 Å². The Morgan fingerprint density at radius 1 is 0.882 bits per heavy atom. The van der Waals surface area contributed by atoms with E-state index in [1.54, 1.807) is 0 Å². The van der Waals surface area contributed by atoms with Gasteiger partial charge in [-0.05, 0) is 25.7 Å². The summed E-state index contributed by atoms with van der Waals surface area (Å²) in [6.45, 7) is 1.86. The van der Waals surface area contributed by atoms with Crippen LogP contribution >= 0.6 is 12.4 Å². The second kappa shape index (κ2) is 6.60. The summed E-state index contributed by atoms with van der Waals surface area (Å²) in [5.41, 5.74) is 5.77. The number of hydrogen-bond donors (Lipinski definition) is 1. The van der Waals surface area contributed by atoms with Crippen LogP contribution in [0.2, 0.25) is 0 Å². The summed E-state index contributed by atoms with van der Waals surface area (Å²) in [5, 5.41) is 0. The summed E-state index contributed by atoms with van der Waals surface area (Å²) in [6.07, 6.45) is 10.1. The number of carbonyl (C=O) groups excluding carboxylic acids is 1. The zero-order chi connectivity index (χ0) is 11.4. The van der Waals surface area contributed by atoms with Gasteiger partial charge >= 0.3 is 0 Å². The molecule has 0 aromatic heterocycles. The number of nitrogens with zero attached hydrogens (tertiary/aromatic N) is 1. The van der Waals surface area contributed by atoms with Gasteiger partial charge < -0.3 is 10.6 Å². The molecule has 2 aliphatic rings. The lowest BCUT2D eigenvalue weighted by atomic mass is 9.81. The first kappa shape index (κ1) is 14.8. The van der Waals surface area contributed by atoms with E-state index in [9.17, 15) is 4.79 Å². The molecule has 1 aliphatic heterocycles. The van der Waals surface area contributed by atoms with Crippen molar-refractivity contribution in [3.05, 3.63) is 0 Å². The average molecular weight is 261 g/mol. The molecule has 1 saturated carbocycles. The van der Waals surface area contributed by atoms with Crippen molar-refractivity contribution in [1.29, 1.82) is 0 Å². The maximum atomic E-state index is 12.4. The van der Waals surface area contributed by atoms with Gasteiger partial charge in [-0.1, -0.05) is 32.1 Å².